The highest BCUT2D eigenvalue weighted by Gasteiger charge is 2.28. The fourth-order valence-corrected chi connectivity index (χ4v) is 3.44. The van der Waals surface area contributed by atoms with Gasteiger partial charge in [0.05, 0.1) is 44.1 Å². The Kier molecular flexibility index (Phi) is 4.24. The van der Waals surface area contributed by atoms with Gasteiger partial charge in [-0.1, -0.05) is 0 Å². The maximum atomic E-state index is 11.9. The average molecular weight is 329 g/mol. The molecule has 1 aromatic heterocycles. The molecule has 2 fully saturated rings. The Hall–Kier alpha value is -1.92. The average Bonchev–Trinajstić information content (AvgIpc) is 3.39. The number of methoxy groups -OCH3 is 1. The highest BCUT2D eigenvalue weighted by molar-refractivity contribution is 5.96. The summed E-state index contributed by atoms with van der Waals surface area (Å²) in [7, 11) is 1.43. The summed E-state index contributed by atoms with van der Waals surface area (Å²) >= 11 is 0. The van der Waals surface area contributed by atoms with Gasteiger partial charge in [-0.05, 0) is 36.5 Å². The number of benzene rings is 1. The second-order valence-corrected chi connectivity index (χ2v) is 6.59. The first-order valence-corrected chi connectivity index (χ1v) is 8.64. The lowest BCUT2D eigenvalue weighted by Crippen LogP contribution is -2.38. The molecule has 6 nitrogen and oxygen atoms in total. The smallest absolute Gasteiger partial charge is 0.337 e. The minimum atomic E-state index is -0.278. The molecule has 0 radical (unpaired) electrons. The van der Waals surface area contributed by atoms with Crippen molar-refractivity contribution in [3.8, 4) is 0 Å². The van der Waals surface area contributed by atoms with Crippen molar-refractivity contribution in [2.24, 2.45) is 0 Å². The van der Waals surface area contributed by atoms with E-state index >= 15 is 0 Å². The van der Waals surface area contributed by atoms with Crippen LogP contribution in [0.15, 0.2) is 18.3 Å². The normalized spacial score (nSPS) is 18.9. The Labute approximate surface area is 141 Å². The van der Waals surface area contributed by atoms with Crippen molar-refractivity contribution < 1.29 is 14.3 Å². The monoisotopic (exact) mass is 329 g/mol. The van der Waals surface area contributed by atoms with E-state index in [9.17, 15) is 4.79 Å². The fourth-order valence-electron chi connectivity index (χ4n) is 3.44. The molecule has 6 heteroatoms. The second-order valence-electron chi connectivity index (χ2n) is 6.59. The van der Waals surface area contributed by atoms with Crippen LogP contribution in [-0.2, 0) is 16.0 Å². The van der Waals surface area contributed by atoms with E-state index in [1.165, 1.54) is 31.0 Å². The first-order chi connectivity index (χ1) is 11.8. The molecule has 1 saturated carbocycles. The molecule has 1 aliphatic heterocycles. The van der Waals surface area contributed by atoms with E-state index in [1.807, 2.05) is 18.3 Å². The maximum Gasteiger partial charge on any atom is 0.337 e. The molecule has 24 heavy (non-hydrogen) atoms. The standard InChI is InChI=1S/C18H23N3O3/c1-23-18(22)14-10-15-12-19-21(5-4-20-6-8-24-9-7-20)17(15)16(11-14)13-2-3-13/h10-13H,2-9H2,1H3. The molecule has 2 heterocycles. The lowest BCUT2D eigenvalue weighted by Gasteiger charge is -2.26. The summed E-state index contributed by atoms with van der Waals surface area (Å²) in [6, 6.07) is 3.89. The molecular weight excluding hydrogens is 306 g/mol. The Balaban J connectivity index is 1.63. The zero-order valence-electron chi connectivity index (χ0n) is 14.0. The third-order valence-electron chi connectivity index (χ3n) is 4.93. The van der Waals surface area contributed by atoms with E-state index in [0.717, 1.165) is 44.8 Å². The number of fused-ring (bicyclic) bond motifs is 1. The van der Waals surface area contributed by atoms with Crippen molar-refractivity contribution >= 4 is 16.9 Å². The van der Waals surface area contributed by atoms with Crippen molar-refractivity contribution in [3.05, 3.63) is 29.5 Å². The summed E-state index contributed by atoms with van der Waals surface area (Å²) in [5.41, 5.74) is 3.05. The van der Waals surface area contributed by atoms with Gasteiger partial charge >= 0.3 is 5.97 Å². The number of rotatable bonds is 5. The van der Waals surface area contributed by atoms with Gasteiger partial charge in [-0.25, -0.2) is 4.79 Å². The topological polar surface area (TPSA) is 56.6 Å². The van der Waals surface area contributed by atoms with Crippen LogP contribution in [0.3, 0.4) is 0 Å². The first kappa shape index (κ1) is 15.6. The fraction of sp³-hybridized carbons (Fsp3) is 0.556. The molecule has 128 valence electrons. The number of ether oxygens (including phenoxy) is 2. The van der Waals surface area contributed by atoms with E-state index in [2.05, 4.69) is 14.7 Å². The van der Waals surface area contributed by atoms with Gasteiger partial charge in [0.1, 0.15) is 0 Å². The Morgan fingerprint density at radius 1 is 1.29 bits per heavy atom. The van der Waals surface area contributed by atoms with Crippen molar-refractivity contribution in [2.75, 3.05) is 40.0 Å². The van der Waals surface area contributed by atoms with Gasteiger partial charge in [0, 0.05) is 25.0 Å². The van der Waals surface area contributed by atoms with Crippen LogP contribution in [0.4, 0.5) is 0 Å². The number of aromatic nitrogens is 2. The first-order valence-electron chi connectivity index (χ1n) is 8.64. The summed E-state index contributed by atoms with van der Waals surface area (Å²) in [4.78, 5) is 14.3. The summed E-state index contributed by atoms with van der Waals surface area (Å²) in [5, 5.41) is 5.61. The molecule has 1 aromatic carbocycles. The molecule has 1 saturated heterocycles. The van der Waals surface area contributed by atoms with Crippen molar-refractivity contribution in [2.45, 2.75) is 25.3 Å². The molecule has 2 aromatic rings. The number of esters is 1. The molecule has 0 spiro atoms. The van der Waals surface area contributed by atoms with E-state index < -0.39 is 0 Å². The zero-order chi connectivity index (χ0) is 16.5. The predicted molar refractivity (Wildman–Crippen MR) is 90.3 cm³/mol. The van der Waals surface area contributed by atoms with Crippen LogP contribution in [-0.4, -0.2) is 60.6 Å². The van der Waals surface area contributed by atoms with Gasteiger partial charge in [-0.2, -0.15) is 5.10 Å². The molecule has 0 atom stereocenters. The van der Waals surface area contributed by atoms with E-state index in [0.29, 0.717) is 11.5 Å². The molecule has 4 rings (SSSR count). The largest absolute Gasteiger partial charge is 0.465 e. The SMILES string of the molecule is COC(=O)c1cc(C2CC2)c2c(cnn2CCN2CCOCC2)c1. The van der Waals surface area contributed by atoms with Gasteiger partial charge in [0.25, 0.3) is 0 Å². The molecule has 0 N–H and O–H groups in total. The summed E-state index contributed by atoms with van der Waals surface area (Å²) in [6.45, 7) is 5.44. The number of carbonyl (C=O) groups excluding carboxylic acids is 1. The van der Waals surface area contributed by atoms with Crippen LogP contribution in [0, 0.1) is 0 Å². The van der Waals surface area contributed by atoms with Gasteiger partial charge in [-0.3, -0.25) is 9.58 Å². The van der Waals surface area contributed by atoms with Crippen molar-refractivity contribution in [1.82, 2.24) is 14.7 Å². The molecule has 0 amide bonds. The minimum absolute atomic E-state index is 0.278. The quantitative estimate of drug-likeness (QED) is 0.786. The molecule has 0 unspecified atom stereocenters. The number of nitrogens with zero attached hydrogens (tertiary/aromatic N) is 3. The van der Waals surface area contributed by atoms with Crippen LogP contribution in [0.5, 0.6) is 0 Å². The predicted octanol–water partition coefficient (Wildman–Crippen LogP) is 2.03. The zero-order valence-corrected chi connectivity index (χ0v) is 14.0. The van der Waals surface area contributed by atoms with Crippen LogP contribution < -0.4 is 0 Å². The van der Waals surface area contributed by atoms with Gasteiger partial charge < -0.3 is 9.47 Å². The molecule has 2 aliphatic rings. The second kappa shape index (κ2) is 6.53. The number of carbonyl (C=O) groups is 1. The van der Waals surface area contributed by atoms with Crippen LogP contribution >= 0.6 is 0 Å². The molecule has 1 aliphatic carbocycles. The van der Waals surface area contributed by atoms with Crippen LogP contribution in [0.25, 0.3) is 10.9 Å². The molecule has 0 bridgehead atoms. The third kappa shape index (κ3) is 3.03. The maximum absolute atomic E-state index is 11.9. The summed E-state index contributed by atoms with van der Waals surface area (Å²) in [6.07, 6.45) is 4.25. The number of hydrogen-bond acceptors (Lipinski definition) is 5. The summed E-state index contributed by atoms with van der Waals surface area (Å²) in [5.74, 6) is 0.274. The highest BCUT2D eigenvalue weighted by Crippen LogP contribution is 2.43. The van der Waals surface area contributed by atoms with Gasteiger partial charge in [0.2, 0.25) is 0 Å². The summed E-state index contributed by atoms with van der Waals surface area (Å²) < 4.78 is 12.4. The van der Waals surface area contributed by atoms with Gasteiger partial charge in [0.15, 0.2) is 0 Å². The minimum Gasteiger partial charge on any atom is -0.465 e. The molecular formula is C18H23N3O3. The van der Waals surface area contributed by atoms with Gasteiger partial charge in [-0.15, -0.1) is 0 Å². The van der Waals surface area contributed by atoms with E-state index in [1.54, 1.807) is 0 Å². The van der Waals surface area contributed by atoms with Crippen LogP contribution in [0.2, 0.25) is 0 Å². The Morgan fingerprint density at radius 3 is 2.79 bits per heavy atom. The highest BCUT2D eigenvalue weighted by atomic mass is 16.5. The van der Waals surface area contributed by atoms with Crippen LogP contribution in [0.1, 0.15) is 34.7 Å². The number of hydrogen-bond donors (Lipinski definition) is 0. The Bertz CT molecular complexity index is 745. The number of morpholine rings is 1. The lowest BCUT2D eigenvalue weighted by atomic mass is 10.0. The third-order valence-corrected chi connectivity index (χ3v) is 4.93. The lowest BCUT2D eigenvalue weighted by molar-refractivity contribution is 0.0361. The Morgan fingerprint density at radius 2 is 2.08 bits per heavy atom. The van der Waals surface area contributed by atoms with E-state index in [-0.39, 0.29) is 5.97 Å². The van der Waals surface area contributed by atoms with Crippen molar-refractivity contribution in [1.29, 1.82) is 0 Å². The van der Waals surface area contributed by atoms with Crippen molar-refractivity contribution in [3.63, 3.8) is 0 Å². The van der Waals surface area contributed by atoms with E-state index in [4.69, 9.17) is 9.47 Å².